The molecule has 0 aliphatic heterocycles. The summed E-state index contributed by atoms with van der Waals surface area (Å²) in [5.41, 5.74) is 2.01. The highest BCUT2D eigenvalue weighted by atomic mass is 19.1. The van der Waals surface area contributed by atoms with Crippen molar-refractivity contribution in [2.24, 2.45) is 7.05 Å². The molecule has 0 unspecified atom stereocenters. The highest BCUT2D eigenvalue weighted by Gasteiger charge is 2.10. The number of ketones is 1. The van der Waals surface area contributed by atoms with Gasteiger partial charge in [-0.05, 0) is 30.3 Å². The third kappa shape index (κ3) is 1.86. The Balaban J connectivity index is 2.45. The Bertz CT molecular complexity index is 528. The third-order valence-corrected chi connectivity index (χ3v) is 2.38. The first-order valence-corrected chi connectivity index (χ1v) is 4.89. The Morgan fingerprint density at radius 1 is 1.31 bits per heavy atom. The predicted octanol–water partition coefficient (Wildman–Crippen LogP) is 2.43. The van der Waals surface area contributed by atoms with Crippen LogP contribution < -0.4 is 0 Å². The van der Waals surface area contributed by atoms with Crippen LogP contribution in [0.1, 0.15) is 17.4 Å². The fourth-order valence-electron chi connectivity index (χ4n) is 1.56. The molecule has 0 bridgehead atoms. The van der Waals surface area contributed by atoms with Crippen LogP contribution in [0.2, 0.25) is 0 Å². The number of carbonyl (C=O) groups excluding carboxylic acids is 1. The summed E-state index contributed by atoms with van der Waals surface area (Å²) in [7, 11) is 1.71. The fourth-order valence-corrected chi connectivity index (χ4v) is 1.56. The molecule has 0 fully saturated rings. The van der Waals surface area contributed by atoms with Crippen molar-refractivity contribution in [1.29, 1.82) is 0 Å². The summed E-state index contributed by atoms with van der Waals surface area (Å²) in [6.45, 7) is 1.49. The number of rotatable bonds is 2. The van der Waals surface area contributed by atoms with E-state index < -0.39 is 0 Å². The Morgan fingerprint density at radius 2 is 1.94 bits per heavy atom. The zero-order valence-electron chi connectivity index (χ0n) is 9.07. The Labute approximate surface area is 92.5 Å². The molecule has 0 spiro atoms. The van der Waals surface area contributed by atoms with E-state index in [9.17, 15) is 9.18 Å². The number of hydrogen-bond acceptors (Lipinski definition) is 2. The number of nitrogens with zero attached hydrogens (tertiary/aromatic N) is 2. The molecule has 0 saturated carbocycles. The monoisotopic (exact) mass is 218 g/mol. The van der Waals surface area contributed by atoms with Crippen molar-refractivity contribution >= 4 is 5.78 Å². The molecule has 0 aliphatic carbocycles. The molecule has 1 aromatic carbocycles. The van der Waals surface area contributed by atoms with E-state index in [0.29, 0.717) is 11.4 Å². The van der Waals surface area contributed by atoms with Crippen LogP contribution in [0.15, 0.2) is 30.3 Å². The van der Waals surface area contributed by atoms with Gasteiger partial charge in [0.25, 0.3) is 0 Å². The van der Waals surface area contributed by atoms with Crippen LogP contribution in [0.4, 0.5) is 4.39 Å². The average molecular weight is 218 g/mol. The van der Waals surface area contributed by atoms with E-state index in [-0.39, 0.29) is 11.6 Å². The summed E-state index contributed by atoms with van der Waals surface area (Å²) in [6.07, 6.45) is 0. The molecule has 2 rings (SSSR count). The van der Waals surface area contributed by atoms with Crippen molar-refractivity contribution in [3.8, 4) is 11.3 Å². The second-order valence-corrected chi connectivity index (χ2v) is 3.60. The molecule has 1 aromatic heterocycles. The van der Waals surface area contributed by atoms with Gasteiger partial charge in [-0.1, -0.05) is 0 Å². The SMILES string of the molecule is CC(=O)c1cc(-c2ccc(F)cc2)nn1C. The van der Waals surface area contributed by atoms with Gasteiger partial charge in [-0.25, -0.2) is 4.39 Å². The second kappa shape index (κ2) is 3.89. The van der Waals surface area contributed by atoms with E-state index in [1.54, 1.807) is 25.2 Å². The van der Waals surface area contributed by atoms with Gasteiger partial charge < -0.3 is 0 Å². The van der Waals surface area contributed by atoms with Gasteiger partial charge in [0.15, 0.2) is 5.78 Å². The number of carbonyl (C=O) groups is 1. The standard InChI is InChI=1S/C12H11FN2O/c1-8(16)12-7-11(14-15(12)2)9-3-5-10(13)6-4-9/h3-7H,1-2H3. The van der Waals surface area contributed by atoms with Gasteiger partial charge in [0.2, 0.25) is 0 Å². The van der Waals surface area contributed by atoms with Gasteiger partial charge in [-0.15, -0.1) is 0 Å². The minimum atomic E-state index is -0.286. The molecule has 0 N–H and O–H groups in total. The molecular weight excluding hydrogens is 207 g/mol. The van der Waals surface area contributed by atoms with Crippen molar-refractivity contribution in [2.75, 3.05) is 0 Å². The van der Waals surface area contributed by atoms with Crippen LogP contribution in [0.5, 0.6) is 0 Å². The summed E-state index contributed by atoms with van der Waals surface area (Å²) in [6, 6.07) is 7.73. The molecule has 0 atom stereocenters. The highest BCUT2D eigenvalue weighted by Crippen LogP contribution is 2.19. The number of Topliss-reactive ketones (excluding diaryl/α,β-unsaturated/α-hetero) is 1. The summed E-state index contributed by atoms with van der Waals surface area (Å²) in [5, 5.41) is 4.21. The summed E-state index contributed by atoms with van der Waals surface area (Å²) < 4.78 is 14.3. The summed E-state index contributed by atoms with van der Waals surface area (Å²) >= 11 is 0. The fraction of sp³-hybridized carbons (Fsp3) is 0.167. The number of aromatic nitrogens is 2. The van der Waals surface area contributed by atoms with Crippen molar-refractivity contribution < 1.29 is 9.18 Å². The van der Waals surface area contributed by atoms with Crippen LogP contribution in [0, 0.1) is 5.82 Å². The van der Waals surface area contributed by atoms with E-state index in [0.717, 1.165) is 5.56 Å². The first-order valence-electron chi connectivity index (χ1n) is 4.89. The van der Waals surface area contributed by atoms with Gasteiger partial charge in [0, 0.05) is 19.5 Å². The van der Waals surface area contributed by atoms with Gasteiger partial charge in [-0.3, -0.25) is 9.48 Å². The van der Waals surface area contributed by atoms with Gasteiger partial charge in [0.05, 0.1) is 5.69 Å². The van der Waals surface area contributed by atoms with Gasteiger partial charge in [0.1, 0.15) is 11.5 Å². The zero-order valence-corrected chi connectivity index (χ0v) is 9.07. The van der Waals surface area contributed by atoms with Crippen LogP contribution in [-0.4, -0.2) is 15.6 Å². The highest BCUT2D eigenvalue weighted by molar-refractivity contribution is 5.93. The van der Waals surface area contributed by atoms with E-state index in [2.05, 4.69) is 5.10 Å². The average Bonchev–Trinajstić information content (AvgIpc) is 2.61. The topological polar surface area (TPSA) is 34.9 Å². The maximum Gasteiger partial charge on any atom is 0.177 e. The minimum absolute atomic E-state index is 0.0386. The van der Waals surface area contributed by atoms with Crippen LogP contribution >= 0.6 is 0 Å². The Morgan fingerprint density at radius 3 is 2.44 bits per heavy atom. The van der Waals surface area contributed by atoms with Crippen LogP contribution in [0.3, 0.4) is 0 Å². The molecule has 0 amide bonds. The van der Waals surface area contributed by atoms with Crippen molar-refractivity contribution in [3.05, 3.63) is 41.8 Å². The predicted molar refractivity (Wildman–Crippen MR) is 58.6 cm³/mol. The van der Waals surface area contributed by atoms with E-state index >= 15 is 0 Å². The first kappa shape index (κ1) is 10.5. The molecule has 16 heavy (non-hydrogen) atoms. The zero-order chi connectivity index (χ0) is 11.7. The van der Waals surface area contributed by atoms with Gasteiger partial charge in [-0.2, -0.15) is 5.10 Å². The third-order valence-electron chi connectivity index (χ3n) is 2.38. The number of hydrogen-bond donors (Lipinski definition) is 0. The first-order chi connectivity index (χ1) is 7.58. The lowest BCUT2D eigenvalue weighted by molar-refractivity contribution is 0.100. The molecule has 0 radical (unpaired) electrons. The number of aryl methyl sites for hydroxylation is 1. The molecule has 0 aliphatic rings. The lowest BCUT2D eigenvalue weighted by atomic mass is 10.1. The maximum atomic E-state index is 12.7. The molecule has 0 saturated heterocycles. The molecule has 4 heteroatoms. The Hall–Kier alpha value is -1.97. The molecule has 82 valence electrons. The van der Waals surface area contributed by atoms with E-state index in [1.165, 1.54) is 23.7 Å². The van der Waals surface area contributed by atoms with Crippen molar-refractivity contribution in [1.82, 2.24) is 9.78 Å². The van der Waals surface area contributed by atoms with Crippen molar-refractivity contribution in [2.45, 2.75) is 6.92 Å². The Kier molecular flexibility index (Phi) is 2.56. The lowest BCUT2D eigenvalue weighted by Gasteiger charge is -1.95. The second-order valence-electron chi connectivity index (χ2n) is 3.60. The van der Waals surface area contributed by atoms with Crippen LogP contribution in [0.25, 0.3) is 11.3 Å². The van der Waals surface area contributed by atoms with E-state index in [4.69, 9.17) is 0 Å². The number of benzene rings is 1. The normalized spacial score (nSPS) is 10.4. The number of halogens is 1. The smallest absolute Gasteiger partial charge is 0.177 e. The molecular formula is C12H11FN2O. The van der Waals surface area contributed by atoms with Crippen LogP contribution in [-0.2, 0) is 7.05 Å². The minimum Gasteiger partial charge on any atom is -0.293 e. The molecule has 2 aromatic rings. The van der Waals surface area contributed by atoms with Crippen molar-refractivity contribution in [3.63, 3.8) is 0 Å². The van der Waals surface area contributed by atoms with E-state index in [1.807, 2.05) is 0 Å². The summed E-state index contributed by atoms with van der Waals surface area (Å²) in [4.78, 5) is 11.2. The van der Waals surface area contributed by atoms with Gasteiger partial charge >= 0.3 is 0 Å². The lowest BCUT2D eigenvalue weighted by Crippen LogP contribution is -2.02. The molecule has 3 nitrogen and oxygen atoms in total. The molecule has 1 heterocycles. The summed E-state index contributed by atoms with van der Waals surface area (Å²) in [5.74, 6) is -0.324. The largest absolute Gasteiger partial charge is 0.293 e. The maximum absolute atomic E-state index is 12.7. The quantitative estimate of drug-likeness (QED) is 0.725.